The van der Waals surface area contributed by atoms with Crippen LogP contribution in [0.5, 0.6) is 0 Å². The molecule has 0 radical (unpaired) electrons. The van der Waals surface area contributed by atoms with Crippen molar-refractivity contribution in [3.8, 4) is 67.5 Å². The number of para-hydroxylation sites is 1. The lowest BCUT2D eigenvalue weighted by Crippen LogP contribution is -2.15. The van der Waals surface area contributed by atoms with Crippen LogP contribution in [0.15, 0.2) is 218 Å². The Morgan fingerprint density at radius 1 is 0.279 bits per heavy atom. The van der Waals surface area contributed by atoms with Gasteiger partial charge in [-0.3, -0.25) is 0 Å². The van der Waals surface area contributed by atoms with Crippen molar-refractivity contribution >= 4 is 49.4 Å². The van der Waals surface area contributed by atoms with Crippen LogP contribution in [0.4, 0.5) is 17.1 Å². The van der Waals surface area contributed by atoms with Gasteiger partial charge in [-0.15, -0.1) is 0 Å². The Morgan fingerprint density at radius 3 is 1.62 bits per heavy atom. The number of hydrogen-bond acceptors (Lipinski definition) is 4. The monoisotopic (exact) mass is 776 g/mol. The highest BCUT2D eigenvalue weighted by Gasteiger charge is 2.28. The molecule has 4 nitrogen and oxygen atoms in total. The van der Waals surface area contributed by atoms with Gasteiger partial charge < -0.3 is 4.90 Å². The summed E-state index contributed by atoms with van der Waals surface area (Å²) in [4.78, 5) is 17.9. The second-order valence-electron chi connectivity index (χ2n) is 15.6. The third-order valence-corrected chi connectivity index (χ3v) is 12.0. The number of aromatic nitrogens is 3. The molecule has 0 unspecified atom stereocenters. The zero-order valence-corrected chi connectivity index (χ0v) is 33.1. The van der Waals surface area contributed by atoms with E-state index in [1.807, 2.05) is 18.2 Å². The molecule has 0 amide bonds. The topological polar surface area (TPSA) is 41.9 Å². The van der Waals surface area contributed by atoms with Crippen molar-refractivity contribution in [2.24, 2.45) is 0 Å². The van der Waals surface area contributed by atoms with Gasteiger partial charge >= 0.3 is 0 Å². The second-order valence-corrected chi connectivity index (χ2v) is 15.6. The van der Waals surface area contributed by atoms with Crippen LogP contribution in [0.3, 0.4) is 0 Å². The average molecular weight is 777 g/mol. The largest absolute Gasteiger partial charge is 0.309 e. The standard InChI is InChI=1S/C57H36N4/c1-4-15-37(16-5-1)41-29-33-52-51(36-41)49-26-14-25-48-47(32-34-53(54(48)49)61(52)43-21-8-3-9-22-43)46-30-31-50(45-24-13-12-23-44(45)46)57-59-55(39-18-6-2-7-19-39)58-56(60-57)42-28-27-38-17-10-11-20-40(38)35-42/h1-36H. The van der Waals surface area contributed by atoms with E-state index in [9.17, 15) is 0 Å². The fourth-order valence-electron chi connectivity index (χ4n) is 9.17. The highest BCUT2D eigenvalue weighted by atomic mass is 15.2. The first kappa shape index (κ1) is 34.8. The Labute approximate surface area is 353 Å². The molecule has 1 aliphatic heterocycles. The van der Waals surface area contributed by atoms with Gasteiger partial charge in [0.05, 0.1) is 11.4 Å². The highest BCUT2D eigenvalue weighted by Crippen LogP contribution is 2.53. The molecule has 2 heterocycles. The van der Waals surface area contributed by atoms with Gasteiger partial charge in [0, 0.05) is 33.3 Å². The van der Waals surface area contributed by atoms with Gasteiger partial charge in [-0.1, -0.05) is 176 Å². The van der Waals surface area contributed by atoms with Crippen LogP contribution in [0.1, 0.15) is 0 Å². The summed E-state index contributed by atoms with van der Waals surface area (Å²) in [7, 11) is 0. The predicted molar refractivity (Wildman–Crippen MR) is 253 cm³/mol. The van der Waals surface area contributed by atoms with Gasteiger partial charge in [-0.05, 0) is 97.2 Å². The molecule has 12 rings (SSSR count). The Morgan fingerprint density at radius 2 is 0.836 bits per heavy atom. The summed E-state index contributed by atoms with van der Waals surface area (Å²) < 4.78 is 0. The van der Waals surface area contributed by atoms with Crippen molar-refractivity contribution in [2.45, 2.75) is 0 Å². The van der Waals surface area contributed by atoms with E-state index in [0.29, 0.717) is 17.5 Å². The lowest BCUT2D eigenvalue weighted by atomic mass is 9.85. The smallest absolute Gasteiger partial charge is 0.164 e. The molecule has 0 saturated heterocycles. The first-order valence-corrected chi connectivity index (χ1v) is 20.7. The lowest BCUT2D eigenvalue weighted by molar-refractivity contribution is 1.08. The van der Waals surface area contributed by atoms with E-state index in [1.165, 1.54) is 55.4 Å². The third kappa shape index (κ3) is 5.88. The lowest BCUT2D eigenvalue weighted by Gasteiger charge is -2.34. The van der Waals surface area contributed by atoms with Crippen LogP contribution in [-0.4, -0.2) is 15.0 Å². The van der Waals surface area contributed by atoms with Crippen molar-refractivity contribution in [1.29, 1.82) is 0 Å². The number of rotatable bonds is 6. The van der Waals surface area contributed by atoms with Crippen LogP contribution in [0, 0.1) is 0 Å². The molecule has 0 aliphatic carbocycles. The van der Waals surface area contributed by atoms with E-state index in [-0.39, 0.29) is 0 Å². The molecule has 0 spiro atoms. The number of benzene rings is 10. The molecule has 1 aliphatic rings. The maximum atomic E-state index is 5.21. The van der Waals surface area contributed by atoms with E-state index in [4.69, 9.17) is 15.0 Å². The quantitative estimate of drug-likeness (QED) is 0.169. The molecule has 4 heteroatoms. The van der Waals surface area contributed by atoms with Crippen LogP contribution in [0.2, 0.25) is 0 Å². The molecule has 0 bridgehead atoms. The molecule has 1 aromatic heterocycles. The maximum absolute atomic E-state index is 5.21. The van der Waals surface area contributed by atoms with Crippen molar-refractivity contribution in [1.82, 2.24) is 15.0 Å². The molecule has 0 N–H and O–H groups in total. The summed E-state index contributed by atoms with van der Waals surface area (Å²) in [5.74, 6) is 1.93. The molecular weight excluding hydrogens is 741 g/mol. The molecule has 284 valence electrons. The summed E-state index contributed by atoms with van der Waals surface area (Å²) in [6.07, 6.45) is 0. The van der Waals surface area contributed by atoms with E-state index in [1.54, 1.807) is 0 Å². The van der Waals surface area contributed by atoms with Gasteiger partial charge in [-0.25, -0.2) is 15.0 Å². The number of anilines is 3. The third-order valence-electron chi connectivity index (χ3n) is 12.0. The first-order chi connectivity index (χ1) is 30.2. The van der Waals surface area contributed by atoms with E-state index >= 15 is 0 Å². The fourth-order valence-corrected chi connectivity index (χ4v) is 9.17. The summed E-state index contributed by atoms with van der Waals surface area (Å²) >= 11 is 0. The van der Waals surface area contributed by atoms with Crippen LogP contribution >= 0.6 is 0 Å². The first-order valence-electron chi connectivity index (χ1n) is 20.7. The highest BCUT2D eigenvalue weighted by molar-refractivity contribution is 6.19. The second kappa shape index (κ2) is 14.3. The van der Waals surface area contributed by atoms with E-state index < -0.39 is 0 Å². The molecular formula is C57H36N4. The molecule has 0 saturated carbocycles. The number of nitrogens with zero attached hydrogens (tertiary/aromatic N) is 4. The Bertz CT molecular complexity index is 3470. The Hall–Kier alpha value is -8.21. The van der Waals surface area contributed by atoms with Crippen molar-refractivity contribution in [3.63, 3.8) is 0 Å². The zero-order valence-electron chi connectivity index (χ0n) is 33.1. The molecule has 10 aromatic carbocycles. The number of hydrogen-bond donors (Lipinski definition) is 0. The van der Waals surface area contributed by atoms with Crippen molar-refractivity contribution in [3.05, 3.63) is 218 Å². The van der Waals surface area contributed by atoms with Crippen LogP contribution < -0.4 is 4.90 Å². The number of fused-ring (bicyclic) bond motifs is 4. The van der Waals surface area contributed by atoms with Crippen LogP contribution in [-0.2, 0) is 0 Å². The van der Waals surface area contributed by atoms with E-state index in [2.05, 4.69) is 205 Å². The Balaban J connectivity index is 1.05. The van der Waals surface area contributed by atoms with E-state index in [0.717, 1.165) is 44.1 Å². The molecule has 61 heavy (non-hydrogen) atoms. The average Bonchev–Trinajstić information content (AvgIpc) is 3.34. The Kier molecular flexibility index (Phi) is 8.13. The molecule has 0 atom stereocenters. The normalized spacial score (nSPS) is 11.9. The summed E-state index contributed by atoms with van der Waals surface area (Å²) in [6, 6.07) is 77.7. The summed E-state index contributed by atoms with van der Waals surface area (Å²) in [5.41, 5.74) is 13.5. The predicted octanol–water partition coefficient (Wildman–Crippen LogP) is 15.1. The van der Waals surface area contributed by atoms with Gasteiger partial charge in [0.1, 0.15) is 0 Å². The van der Waals surface area contributed by atoms with Crippen molar-refractivity contribution < 1.29 is 0 Å². The molecule has 11 aromatic rings. The van der Waals surface area contributed by atoms with Gasteiger partial charge in [0.15, 0.2) is 17.5 Å². The SMILES string of the molecule is c1ccc(-c2ccc3c(c2)-c2cccc4c(-c5ccc(-c6nc(-c7ccccc7)nc(-c7ccc8ccccc8c7)n6)c6ccccc56)ccc(c24)N3c2ccccc2)cc1. The summed E-state index contributed by atoms with van der Waals surface area (Å²) in [6.45, 7) is 0. The van der Waals surface area contributed by atoms with Crippen molar-refractivity contribution in [2.75, 3.05) is 4.90 Å². The minimum atomic E-state index is 0.640. The van der Waals surface area contributed by atoms with Gasteiger partial charge in [-0.2, -0.15) is 0 Å². The fraction of sp³-hybridized carbons (Fsp3) is 0. The zero-order chi connectivity index (χ0) is 40.3. The van der Waals surface area contributed by atoms with Gasteiger partial charge in [0.2, 0.25) is 0 Å². The van der Waals surface area contributed by atoms with Gasteiger partial charge in [0.25, 0.3) is 0 Å². The maximum Gasteiger partial charge on any atom is 0.164 e. The minimum Gasteiger partial charge on any atom is -0.309 e. The van der Waals surface area contributed by atoms with Crippen LogP contribution in [0.25, 0.3) is 99.9 Å². The summed E-state index contributed by atoms with van der Waals surface area (Å²) in [5, 5.41) is 6.98. The molecule has 0 fully saturated rings. The minimum absolute atomic E-state index is 0.640.